The highest BCUT2D eigenvalue weighted by Gasteiger charge is 2.09. The largest absolute Gasteiger partial charge is 0.376 e. The fourth-order valence-electron chi connectivity index (χ4n) is 1.46. The lowest BCUT2D eigenvalue weighted by Crippen LogP contribution is -2.07. The number of halogens is 3. The predicted molar refractivity (Wildman–Crippen MR) is 64.6 cm³/mol. The number of nitrogens with zero attached hydrogens (tertiary/aromatic N) is 2. The van der Waals surface area contributed by atoms with Crippen molar-refractivity contribution in [3.05, 3.63) is 46.2 Å². The molecule has 1 heterocycles. The van der Waals surface area contributed by atoms with E-state index in [1.165, 1.54) is 6.07 Å². The maximum Gasteiger partial charge on any atom is 0.150 e. The van der Waals surface area contributed by atoms with Crippen LogP contribution in [-0.4, -0.2) is 9.78 Å². The Kier molecular flexibility index (Phi) is 3.42. The maximum absolute atomic E-state index is 13.5. The Morgan fingerprint density at radius 2 is 2.18 bits per heavy atom. The average Bonchev–Trinajstić information content (AvgIpc) is 2.62. The molecule has 0 radical (unpaired) electrons. The molecule has 2 rings (SSSR count). The fraction of sp³-hybridized carbons (Fsp3) is 0.182. The van der Waals surface area contributed by atoms with Crippen LogP contribution in [-0.2, 0) is 13.6 Å². The highest BCUT2D eigenvalue weighted by atomic mass is 79.9. The van der Waals surface area contributed by atoms with E-state index in [2.05, 4.69) is 26.3 Å². The quantitative estimate of drug-likeness (QED) is 0.944. The number of hydrogen-bond donors (Lipinski definition) is 1. The minimum atomic E-state index is -0.626. The van der Waals surface area contributed by atoms with Gasteiger partial charge in [0.05, 0.1) is 17.9 Å². The number of benzene rings is 1. The van der Waals surface area contributed by atoms with E-state index in [0.717, 1.165) is 11.8 Å². The van der Waals surface area contributed by atoms with Gasteiger partial charge >= 0.3 is 0 Å². The third kappa shape index (κ3) is 2.63. The summed E-state index contributed by atoms with van der Waals surface area (Å²) in [7, 11) is 1.80. The van der Waals surface area contributed by atoms with Gasteiger partial charge in [0.2, 0.25) is 0 Å². The topological polar surface area (TPSA) is 29.9 Å². The molecule has 0 spiro atoms. The summed E-state index contributed by atoms with van der Waals surface area (Å²) in [4.78, 5) is 0. The molecule has 90 valence electrons. The number of anilines is 1. The molecular weight excluding hydrogens is 292 g/mol. The summed E-state index contributed by atoms with van der Waals surface area (Å²) >= 11 is 3.12. The van der Waals surface area contributed by atoms with E-state index < -0.39 is 11.6 Å². The van der Waals surface area contributed by atoms with Crippen LogP contribution in [0.5, 0.6) is 0 Å². The summed E-state index contributed by atoms with van der Waals surface area (Å²) in [5.41, 5.74) is 1.15. The lowest BCUT2D eigenvalue weighted by atomic mass is 10.3. The van der Waals surface area contributed by atoms with Crippen molar-refractivity contribution in [1.29, 1.82) is 0 Å². The molecule has 0 aliphatic carbocycles. The molecule has 0 amide bonds. The van der Waals surface area contributed by atoms with Gasteiger partial charge in [-0.05, 0) is 28.1 Å². The zero-order chi connectivity index (χ0) is 12.4. The van der Waals surface area contributed by atoms with E-state index in [0.29, 0.717) is 11.0 Å². The Hall–Kier alpha value is -1.43. The molecule has 0 aliphatic rings. The second-order valence-corrected chi connectivity index (χ2v) is 4.40. The van der Waals surface area contributed by atoms with Crippen LogP contribution in [0.3, 0.4) is 0 Å². The van der Waals surface area contributed by atoms with Gasteiger partial charge in [0.1, 0.15) is 11.6 Å². The van der Waals surface area contributed by atoms with Gasteiger partial charge in [0, 0.05) is 23.8 Å². The van der Waals surface area contributed by atoms with E-state index in [-0.39, 0.29) is 5.69 Å². The van der Waals surface area contributed by atoms with Gasteiger partial charge in [-0.25, -0.2) is 8.78 Å². The van der Waals surface area contributed by atoms with Crippen molar-refractivity contribution in [2.45, 2.75) is 6.54 Å². The normalized spacial score (nSPS) is 10.6. The first-order valence-corrected chi connectivity index (χ1v) is 5.72. The molecule has 0 fully saturated rings. The van der Waals surface area contributed by atoms with Gasteiger partial charge in [-0.1, -0.05) is 0 Å². The highest BCUT2D eigenvalue weighted by molar-refractivity contribution is 9.10. The summed E-state index contributed by atoms with van der Waals surface area (Å²) in [6.45, 7) is 0.414. The van der Waals surface area contributed by atoms with Crippen molar-refractivity contribution in [2.75, 3.05) is 5.32 Å². The van der Waals surface area contributed by atoms with Crippen LogP contribution < -0.4 is 5.32 Å². The zero-order valence-corrected chi connectivity index (χ0v) is 10.6. The number of nitrogens with one attached hydrogen (secondary N) is 1. The first kappa shape index (κ1) is 12.0. The molecule has 1 aromatic heterocycles. The molecule has 0 bridgehead atoms. The monoisotopic (exact) mass is 301 g/mol. The van der Waals surface area contributed by atoms with E-state index in [1.807, 2.05) is 6.07 Å². The van der Waals surface area contributed by atoms with Crippen LogP contribution in [0.4, 0.5) is 14.5 Å². The molecule has 0 unspecified atom stereocenters. The molecule has 3 nitrogen and oxygen atoms in total. The summed E-state index contributed by atoms with van der Waals surface area (Å²) in [6, 6.07) is 3.88. The number of aryl methyl sites for hydroxylation is 1. The first-order valence-electron chi connectivity index (χ1n) is 4.93. The highest BCUT2D eigenvalue weighted by Crippen LogP contribution is 2.27. The maximum atomic E-state index is 13.5. The number of aromatic nitrogens is 2. The molecule has 0 atom stereocenters. The third-order valence-electron chi connectivity index (χ3n) is 2.38. The molecule has 17 heavy (non-hydrogen) atoms. The van der Waals surface area contributed by atoms with Gasteiger partial charge in [0.25, 0.3) is 0 Å². The Balaban J connectivity index is 2.17. The van der Waals surface area contributed by atoms with E-state index >= 15 is 0 Å². The minimum Gasteiger partial charge on any atom is -0.376 e. The van der Waals surface area contributed by atoms with Crippen molar-refractivity contribution in [3.63, 3.8) is 0 Å². The van der Waals surface area contributed by atoms with Crippen molar-refractivity contribution in [1.82, 2.24) is 9.78 Å². The molecular formula is C11H10BrF2N3. The van der Waals surface area contributed by atoms with Gasteiger partial charge in [-0.2, -0.15) is 5.10 Å². The fourth-order valence-corrected chi connectivity index (χ4v) is 2.01. The summed E-state index contributed by atoms with van der Waals surface area (Å²) in [6.07, 6.45) is 1.66. The van der Waals surface area contributed by atoms with E-state index in [1.54, 1.807) is 17.9 Å². The predicted octanol–water partition coefficient (Wildman–Crippen LogP) is 3.07. The Bertz CT molecular complexity index is 516. The SMILES string of the molecule is Cn1nccc1CNc1c(F)cc(F)cc1Br. The third-order valence-corrected chi connectivity index (χ3v) is 3.00. The minimum absolute atomic E-state index is 0.243. The molecule has 0 aliphatic heterocycles. The number of rotatable bonds is 3. The van der Waals surface area contributed by atoms with Gasteiger partial charge < -0.3 is 5.32 Å². The van der Waals surface area contributed by atoms with Crippen molar-refractivity contribution in [2.24, 2.45) is 7.05 Å². The smallest absolute Gasteiger partial charge is 0.150 e. The Labute approximate surface area is 106 Å². The molecule has 1 aromatic carbocycles. The number of hydrogen-bond acceptors (Lipinski definition) is 2. The van der Waals surface area contributed by atoms with Crippen molar-refractivity contribution in [3.8, 4) is 0 Å². The van der Waals surface area contributed by atoms with E-state index in [9.17, 15) is 8.78 Å². The summed E-state index contributed by atoms with van der Waals surface area (Å²) in [5, 5.41) is 6.90. The van der Waals surface area contributed by atoms with Crippen LogP contribution in [0.1, 0.15) is 5.69 Å². The van der Waals surface area contributed by atoms with Crippen LogP contribution in [0.2, 0.25) is 0 Å². The standard InChI is InChI=1S/C11H10BrF2N3/c1-17-8(2-3-16-17)6-15-11-9(12)4-7(13)5-10(11)14/h2-5,15H,6H2,1H3. The second-order valence-electron chi connectivity index (χ2n) is 3.54. The van der Waals surface area contributed by atoms with Crippen LogP contribution in [0, 0.1) is 11.6 Å². The second kappa shape index (κ2) is 4.83. The average molecular weight is 302 g/mol. The summed E-state index contributed by atoms with van der Waals surface area (Å²) < 4.78 is 28.4. The Morgan fingerprint density at radius 3 is 2.76 bits per heavy atom. The molecule has 6 heteroatoms. The lowest BCUT2D eigenvalue weighted by molar-refractivity contribution is 0.583. The first-order chi connectivity index (χ1) is 8.08. The van der Waals surface area contributed by atoms with Gasteiger partial charge in [-0.3, -0.25) is 4.68 Å². The van der Waals surface area contributed by atoms with Crippen LogP contribution in [0.15, 0.2) is 28.9 Å². The summed E-state index contributed by atoms with van der Waals surface area (Å²) in [5.74, 6) is -1.24. The zero-order valence-electron chi connectivity index (χ0n) is 9.04. The van der Waals surface area contributed by atoms with Crippen molar-refractivity contribution >= 4 is 21.6 Å². The lowest BCUT2D eigenvalue weighted by Gasteiger charge is -2.10. The van der Waals surface area contributed by atoms with Crippen LogP contribution >= 0.6 is 15.9 Å². The molecule has 0 saturated heterocycles. The van der Waals surface area contributed by atoms with Crippen molar-refractivity contribution < 1.29 is 8.78 Å². The van der Waals surface area contributed by atoms with Crippen LogP contribution in [0.25, 0.3) is 0 Å². The Morgan fingerprint density at radius 1 is 1.41 bits per heavy atom. The molecule has 0 saturated carbocycles. The van der Waals surface area contributed by atoms with E-state index in [4.69, 9.17) is 0 Å². The van der Waals surface area contributed by atoms with Gasteiger partial charge in [-0.15, -0.1) is 0 Å². The molecule has 1 N–H and O–H groups in total. The van der Waals surface area contributed by atoms with Gasteiger partial charge in [0.15, 0.2) is 0 Å². The molecule has 2 aromatic rings.